The average Bonchev–Trinajstić information content (AvgIpc) is 3.02. The van der Waals surface area contributed by atoms with Crippen molar-refractivity contribution in [2.75, 3.05) is 19.6 Å². The smallest absolute Gasteiger partial charge is 0.251 e. The van der Waals surface area contributed by atoms with Gasteiger partial charge in [-0.15, -0.1) is 12.4 Å². The number of rotatable bonds is 6. The highest BCUT2D eigenvalue weighted by Gasteiger charge is 2.38. The van der Waals surface area contributed by atoms with Crippen LogP contribution < -0.4 is 16.0 Å². The van der Waals surface area contributed by atoms with Gasteiger partial charge in [-0.2, -0.15) is 0 Å². The van der Waals surface area contributed by atoms with Gasteiger partial charge < -0.3 is 16.0 Å². The fourth-order valence-corrected chi connectivity index (χ4v) is 2.79. The minimum absolute atomic E-state index is 0. The monoisotopic (exact) mass is 339 g/mol. The highest BCUT2D eigenvalue weighted by molar-refractivity contribution is 5.94. The van der Waals surface area contributed by atoms with E-state index in [1.807, 2.05) is 26.0 Å². The summed E-state index contributed by atoms with van der Waals surface area (Å²) in [5.41, 5.74) is 1.35. The number of nitrogens with one attached hydrogen (secondary N) is 3. The molecule has 1 unspecified atom stereocenters. The summed E-state index contributed by atoms with van der Waals surface area (Å²) in [6, 6.07) is 7.43. The SMILES string of the molecule is CCC1(C(=O)NCCNC(=O)c2ccc(C)cc2)CCCN1.Cl. The van der Waals surface area contributed by atoms with Gasteiger partial charge in [-0.05, 0) is 44.9 Å². The Balaban J connectivity index is 0.00000264. The van der Waals surface area contributed by atoms with Crippen LogP contribution in [0, 0.1) is 6.92 Å². The molecule has 1 aromatic carbocycles. The number of amides is 2. The molecule has 0 aliphatic carbocycles. The summed E-state index contributed by atoms with van der Waals surface area (Å²) in [5.74, 6) is -0.0736. The van der Waals surface area contributed by atoms with Crippen LogP contribution in [-0.2, 0) is 4.79 Å². The normalized spacial score (nSPS) is 19.7. The van der Waals surface area contributed by atoms with Crippen molar-refractivity contribution in [3.63, 3.8) is 0 Å². The van der Waals surface area contributed by atoms with E-state index in [1.165, 1.54) is 0 Å². The fourth-order valence-electron chi connectivity index (χ4n) is 2.79. The van der Waals surface area contributed by atoms with Gasteiger partial charge >= 0.3 is 0 Å². The molecule has 0 saturated carbocycles. The molecule has 2 rings (SSSR count). The van der Waals surface area contributed by atoms with E-state index >= 15 is 0 Å². The zero-order chi connectivity index (χ0) is 16.0. The summed E-state index contributed by atoms with van der Waals surface area (Å²) in [6.07, 6.45) is 2.70. The van der Waals surface area contributed by atoms with Crippen LogP contribution in [0.1, 0.15) is 42.1 Å². The Labute approximate surface area is 144 Å². The van der Waals surface area contributed by atoms with E-state index < -0.39 is 5.54 Å². The van der Waals surface area contributed by atoms with E-state index in [1.54, 1.807) is 12.1 Å². The predicted molar refractivity (Wildman–Crippen MR) is 94.0 cm³/mol. The van der Waals surface area contributed by atoms with Gasteiger partial charge in [-0.1, -0.05) is 24.6 Å². The van der Waals surface area contributed by atoms with Gasteiger partial charge in [0.1, 0.15) is 0 Å². The van der Waals surface area contributed by atoms with Crippen LogP contribution in [0.4, 0.5) is 0 Å². The van der Waals surface area contributed by atoms with Gasteiger partial charge in [0.15, 0.2) is 0 Å². The van der Waals surface area contributed by atoms with Crippen molar-refractivity contribution in [3.05, 3.63) is 35.4 Å². The standard InChI is InChI=1S/C17H25N3O2.ClH/c1-3-17(9-4-10-20-17)16(22)19-12-11-18-15(21)14-7-5-13(2)6-8-14;/h5-8,20H,3-4,9-12H2,1-2H3,(H,18,21)(H,19,22);1H. The van der Waals surface area contributed by atoms with E-state index in [-0.39, 0.29) is 24.2 Å². The third-order valence-electron chi connectivity index (χ3n) is 4.29. The van der Waals surface area contributed by atoms with Gasteiger partial charge in [0.2, 0.25) is 5.91 Å². The lowest BCUT2D eigenvalue weighted by molar-refractivity contribution is -0.127. The summed E-state index contributed by atoms with van der Waals surface area (Å²) in [6.45, 7) is 5.78. The molecule has 23 heavy (non-hydrogen) atoms. The molecule has 1 fully saturated rings. The molecular weight excluding hydrogens is 314 g/mol. The van der Waals surface area contributed by atoms with Crippen molar-refractivity contribution in [2.45, 2.75) is 38.6 Å². The first kappa shape index (κ1) is 19.5. The lowest BCUT2D eigenvalue weighted by Crippen LogP contribution is -2.54. The summed E-state index contributed by atoms with van der Waals surface area (Å²) in [7, 11) is 0. The summed E-state index contributed by atoms with van der Waals surface area (Å²) >= 11 is 0. The molecule has 1 heterocycles. The Morgan fingerprint density at radius 1 is 1.17 bits per heavy atom. The molecule has 1 atom stereocenters. The minimum atomic E-state index is -0.416. The number of carbonyl (C=O) groups is 2. The van der Waals surface area contributed by atoms with Crippen LogP contribution in [0.5, 0.6) is 0 Å². The number of halogens is 1. The summed E-state index contributed by atoms with van der Waals surface area (Å²) < 4.78 is 0. The average molecular weight is 340 g/mol. The number of aryl methyl sites for hydroxylation is 1. The van der Waals surface area contributed by atoms with Crippen molar-refractivity contribution >= 4 is 24.2 Å². The number of hydrogen-bond acceptors (Lipinski definition) is 3. The first-order chi connectivity index (χ1) is 10.6. The van der Waals surface area contributed by atoms with E-state index in [2.05, 4.69) is 16.0 Å². The molecule has 0 bridgehead atoms. The topological polar surface area (TPSA) is 70.2 Å². The van der Waals surface area contributed by atoms with Crippen molar-refractivity contribution in [2.24, 2.45) is 0 Å². The number of carbonyl (C=O) groups excluding carboxylic acids is 2. The van der Waals surface area contributed by atoms with E-state index in [4.69, 9.17) is 0 Å². The van der Waals surface area contributed by atoms with Gasteiger partial charge in [0.05, 0.1) is 5.54 Å². The van der Waals surface area contributed by atoms with Crippen LogP contribution >= 0.6 is 12.4 Å². The largest absolute Gasteiger partial charge is 0.353 e. The molecule has 0 aromatic heterocycles. The fraction of sp³-hybridized carbons (Fsp3) is 0.529. The van der Waals surface area contributed by atoms with Crippen molar-refractivity contribution in [1.29, 1.82) is 0 Å². The molecule has 0 spiro atoms. The van der Waals surface area contributed by atoms with Crippen LogP contribution in [0.25, 0.3) is 0 Å². The first-order valence-corrected chi connectivity index (χ1v) is 7.95. The second kappa shape index (κ2) is 8.89. The predicted octanol–water partition coefficient (Wildman–Crippen LogP) is 1.80. The lowest BCUT2D eigenvalue weighted by Gasteiger charge is -2.26. The zero-order valence-electron chi connectivity index (χ0n) is 13.8. The second-order valence-corrected chi connectivity index (χ2v) is 5.84. The van der Waals surface area contributed by atoms with E-state index in [9.17, 15) is 9.59 Å². The van der Waals surface area contributed by atoms with Crippen LogP contribution in [0.15, 0.2) is 24.3 Å². The zero-order valence-corrected chi connectivity index (χ0v) is 14.6. The number of benzene rings is 1. The molecule has 1 saturated heterocycles. The summed E-state index contributed by atoms with van der Waals surface area (Å²) in [5, 5.41) is 9.04. The molecule has 2 amide bonds. The van der Waals surface area contributed by atoms with Gasteiger partial charge in [0, 0.05) is 18.7 Å². The Morgan fingerprint density at radius 2 is 1.83 bits per heavy atom. The van der Waals surface area contributed by atoms with Gasteiger partial charge in [0.25, 0.3) is 5.91 Å². The second-order valence-electron chi connectivity index (χ2n) is 5.84. The van der Waals surface area contributed by atoms with E-state index in [0.29, 0.717) is 18.7 Å². The summed E-state index contributed by atoms with van der Waals surface area (Å²) in [4.78, 5) is 24.2. The minimum Gasteiger partial charge on any atom is -0.353 e. The third kappa shape index (κ3) is 4.94. The van der Waals surface area contributed by atoms with Crippen LogP contribution in [0.2, 0.25) is 0 Å². The van der Waals surface area contributed by atoms with E-state index in [0.717, 1.165) is 31.4 Å². The third-order valence-corrected chi connectivity index (χ3v) is 4.29. The van der Waals surface area contributed by atoms with Crippen molar-refractivity contribution in [3.8, 4) is 0 Å². The first-order valence-electron chi connectivity index (χ1n) is 7.95. The molecule has 0 radical (unpaired) electrons. The van der Waals surface area contributed by atoms with Crippen molar-refractivity contribution in [1.82, 2.24) is 16.0 Å². The maximum atomic E-state index is 12.3. The molecule has 1 aliphatic rings. The molecular formula is C17H26ClN3O2. The molecule has 6 heteroatoms. The highest BCUT2D eigenvalue weighted by atomic mass is 35.5. The molecule has 5 nitrogen and oxygen atoms in total. The van der Waals surface area contributed by atoms with Crippen molar-refractivity contribution < 1.29 is 9.59 Å². The Hall–Kier alpha value is -1.59. The maximum absolute atomic E-state index is 12.3. The Bertz CT molecular complexity index is 525. The highest BCUT2D eigenvalue weighted by Crippen LogP contribution is 2.22. The quantitative estimate of drug-likeness (QED) is 0.692. The van der Waals surface area contributed by atoms with Gasteiger partial charge in [-0.3, -0.25) is 9.59 Å². The Kier molecular flexibility index (Phi) is 7.52. The van der Waals surface area contributed by atoms with Gasteiger partial charge in [-0.25, -0.2) is 0 Å². The molecule has 128 valence electrons. The van der Waals surface area contributed by atoms with Crippen LogP contribution in [0.3, 0.4) is 0 Å². The molecule has 3 N–H and O–H groups in total. The number of hydrogen-bond donors (Lipinski definition) is 3. The lowest BCUT2D eigenvalue weighted by atomic mass is 9.93. The Morgan fingerprint density at radius 3 is 2.39 bits per heavy atom. The molecule has 1 aliphatic heterocycles. The maximum Gasteiger partial charge on any atom is 0.251 e. The molecule has 1 aromatic rings. The van der Waals surface area contributed by atoms with Crippen LogP contribution in [-0.4, -0.2) is 37.0 Å².